The number of carbonyl (C=O) groups excluding carboxylic acids is 1. The van der Waals surface area contributed by atoms with Crippen molar-refractivity contribution >= 4 is 23.4 Å². The van der Waals surface area contributed by atoms with E-state index in [1.54, 1.807) is 12.5 Å². The van der Waals surface area contributed by atoms with Crippen LogP contribution in [0.15, 0.2) is 58.5 Å². The fourth-order valence-corrected chi connectivity index (χ4v) is 3.31. The lowest BCUT2D eigenvalue weighted by Gasteiger charge is -2.13. The highest BCUT2D eigenvalue weighted by molar-refractivity contribution is 8.01. The minimum absolute atomic E-state index is 0.00922. The molecule has 23 heavy (non-hydrogen) atoms. The zero-order valence-corrected chi connectivity index (χ0v) is 13.0. The minimum Gasteiger partial charge on any atom is -0.472 e. The molecule has 1 aliphatic carbocycles. The van der Waals surface area contributed by atoms with Crippen LogP contribution < -0.4 is 5.32 Å². The van der Waals surface area contributed by atoms with E-state index < -0.39 is 4.75 Å². The van der Waals surface area contributed by atoms with Gasteiger partial charge in [0.1, 0.15) is 11.0 Å². The molecule has 6 nitrogen and oxygen atoms in total. The van der Waals surface area contributed by atoms with Gasteiger partial charge < -0.3 is 14.7 Å². The maximum absolute atomic E-state index is 12.5. The van der Waals surface area contributed by atoms with E-state index in [2.05, 4.69) is 20.5 Å². The maximum atomic E-state index is 12.5. The Morgan fingerprint density at radius 1 is 1.22 bits per heavy atom. The van der Waals surface area contributed by atoms with Crippen LogP contribution in [0.2, 0.25) is 0 Å². The summed E-state index contributed by atoms with van der Waals surface area (Å²) in [6.07, 6.45) is 4.85. The largest absolute Gasteiger partial charge is 0.472 e. The van der Waals surface area contributed by atoms with Crippen molar-refractivity contribution in [2.45, 2.75) is 22.7 Å². The Bertz CT molecular complexity index is 810. The summed E-state index contributed by atoms with van der Waals surface area (Å²) in [5, 5.41) is 11.8. The van der Waals surface area contributed by atoms with Crippen molar-refractivity contribution in [2.24, 2.45) is 0 Å². The molecule has 0 atom stereocenters. The summed E-state index contributed by atoms with van der Waals surface area (Å²) in [4.78, 5) is 15.7. The van der Waals surface area contributed by atoms with Crippen LogP contribution in [0.1, 0.15) is 12.8 Å². The first-order valence-electron chi connectivity index (χ1n) is 7.26. The Labute approximate surface area is 136 Å². The molecule has 3 aromatic rings. The average molecular weight is 326 g/mol. The van der Waals surface area contributed by atoms with Crippen LogP contribution in [0, 0.1) is 0 Å². The number of rotatable bonds is 5. The molecule has 1 saturated carbocycles. The molecule has 2 aromatic heterocycles. The number of carbonyl (C=O) groups is 1. The third kappa shape index (κ3) is 2.87. The van der Waals surface area contributed by atoms with Crippen LogP contribution in [0.5, 0.6) is 0 Å². The van der Waals surface area contributed by atoms with Gasteiger partial charge in [0.15, 0.2) is 11.0 Å². The summed E-state index contributed by atoms with van der Waals surface area (Å²) in [5.74, 6) is 0.649. The number of hydrogen-bond donors (Lipinski definition) is 2. The Kier molecular flexibility index (Phi) is 3.42. The molecule has 0 unspecified atom stereocenters. The molecule has 0 aliphatic heterocycles. The van der Waals surface area contributed by atoms with Crippen molar-refractivity contribution in [1.29, 1.82) is 0 Å². The lowest BCUT2D eigenvalue weighted by Crippen LogP contribution is -2.26. The molecule has 0 bridgehead atoms. The van der Waals surface area contributed by atoms with E-state index in [0.717, 1.165) is 24.1 Å². The van der Waals surface area contributed by atoms with Gasteiger partial charge in [0.05, 0.1) is 11.8 Å². The number of H-pyrrole nitrogens is 1. The van der Waals surface area contributed by atoms with Crippen LogP contribution in [-0.2, 0) is 4.79 Å². The second-order valence-electron chi connectivity index (χ2n) is 5.41. The van der Waals surface area contributed by atoms with Gasteiger partial charge in [0.25, 0.3) is 0 Å². The molecule has 1 fully saturated rings. The van der Waals surface area contributed by atoms with Gasteiger partial charge in [-0.1, -0.05) is 30.0 Å². The number of anilines is 1. The Morgan fingerprint density at radius 3 is 2.74 bits per heavy atom. The quantitative estimate of drug-likeness (QED) is 0.751. The van der Waals surface area contributed by atoms with E-state index in [-0.39, 0.29) is 5.91 Å². The van der Waals surface area contributed by atoms with E-state index in [0.29, 0.717) is 11.0 Å². The van der Waals surface area contributed by atoms with E-state index in [9.17, 15) is 4.79 Å². The zero-order valence-electron chi connectivity index (χ0n) is 12.2. The summed E-state index contributed by atoms with van der Waals surface area (Å²) in [5.41, 5.74) is 1.64. The van der Waals surface area contributed by atoms with Crippen molar-refractivity contribution in [2.75, 3.05) is 5.32 Å². The van der Waals surface area contributed by atoms with Crippen LogP contribution >= 0.6 is 11.8 Å². The lowest BCUT2D eigenvalue weighted by molar-refractivity contribution is -0.116. The third-order valence-electron chi connectivity index (χ3n) is 3.70. The van der Waals surface area contributed by atoms with Crippen molar-refractivity contribution in [3.8, 4) is 11.4 Å². The van der Waals surface area contributed by atoms with Crippen LogP contribution in [0.3, 0.4) is 0 Å². The first-order valence-corrected chi connectivity index (χ1v) is 8.08. The first kappa shape index (κ1) is 14.1. The minimum atomic E-state index is -0.455. The number of furan rings is 1. The molecule has 0 saturated heterocycles. The van der Waals surface area contributed by atoms with Crippen molar-refractivity contribution in [1.82, 2.24) is 15.2 Å². The van der Waals surface area contributed by atoms with Crippen molar-refractivity contribution < 1.29 is 9.21 Å². The van der Waals surface area contributed by atoms with E-state index in [1.807, 2.05) is 36.4 Å². The lowest BCUT2D eigenvalue weighted by atomic mass is 10.3. The van der Waals surface area contributed by atoms with Crippen LogP contribution in [-0.4, -0.2) is 25.8 Å². The number of nitrogens with zero attached hydrogens (tertiary/aromatic N) is 2. The Morgan fingerprint density at radius 2 is 2.04 bits per heavy atom. The van der Waals surface area contributed by atoms with Crippen LogP contribution in [0.25, 0.3) is 11.4 Å². The molecule has 2 heterocycles. The molecule has 116 valence electrons. The maximum Gasteiger partial charge on any atom is 0.241 e. The number of para-hydroxylation sites is 1. The van der Waals surface area contributed by atoms with Gasteiger partial charge in [-0.05, 0) is 31.0 Å². The molecule has 1 aliphatic rings. The molecule has 0 radical (unpaired) electrons. The molecule has 1 amide bonds. The van der Waals surface area contributed by atoms with Crippen LogP contribution in [0.4, 0.5) is 5.69 Å². The van der Waals surface area contributed by atoms with Gasteiger partial charge in [-0.15, -0.1) is 10.2 Å². The summed E-state index contributed by atoms with van der Waals surface area (Å²) < 4.78 is 4.58. The second kappa shape index (κ2) is 5.58. The number of aromatic amines is 1. The van der Waals surface area contributed by atoms with Gasteiger partial charge in [0.2, 0.25) is 5.91 Å². The number of thioether (sulfide) groups is 1. The molecule has 2 N–H and O–H groups in total. The number of hydrogen-bond acceptors (Lipinski definition) is 5. The monoisotopic (exact) mass is 326 g/mol. The third-order valence-corrected chi connectivity index (χ3v) is 5.06. The topological polar surface area (TPSA) is 83.8 Å². The SMILES string of the molecule is O=C(Nc1ccccc1)C1(Sc2nnc(-c3ccoc3)[nH]2)CC1. The highest BCUT2D eigenvalue weighted by atomic mass is 32.2. The van der Waals surface area contributed by atoms with E-state index >= 15 is 0 Å². The van der Waals surface area contributed by atoms with Gasteiger partial charge in [-0.2, -0.15) is 0 Å². The summed E-state index contributed by atoms with van der Waals surface area (Å²) in [6, 6.07) is 11.3. The fraction of sp³-hybridized carbons (Fsp3) is 0.188. The van der Waals surface area contributed by atoms with E-state index in [4.69, 9.17) is 4.42 Å². The predicted octanol–water partition coefficient (Wildman–Crippen LogP) is 3.33. The fourth-order valence-electron chi connectivity index (χ4n) is 2.26. The Balaban J connectivity index is 1.47. The van der Waals surface area contributed by atoms with Crippen molar-refractivity contribution in [3.63, 3.8) is 0 Å². The molecular formula is C16H14N4O2S. The zero-order chi connectivity index (χ0) is 15.7. The standard InChI is InChI=1S/C16H14N4O2S/c21-14(17-12-4-2-1-3-5-12)16(7-8-16)23-15-18-13(19-20-15)11-6-9-22-10-11/h1-6,9-10H,7-8H2,(H,17,21)(H,18,19,20). The molecule has 0 spiro atoms. The van der Waals surface area contributed by atoms with Gasteiger partial charge in [-0.25, -0.2) is 0 Å². The van der Waals surface area contributed by atoms with Gasteiger partial charge >= 0.3 is 0 Å². The summed E-state index contributed by atoms with van der Waals surface area (Å²) in [7, 11) is 0. The second-order valence-corrected chi connectivity index (χ2v) is 6.78. The van der Waals surface area contributed by atoms with Crippen molar-refractivity contribution in [3.05, 3.63) is 48.9 Å². The number of nitrogens with one attached hydrogen (secondary N) is 2. The predicted molar refractivity (Wildman–Crippen MR) is 87.0 cm³/mol. The molecule has 1 aromatic carbocycles. The number of benzene rings is 1. The normalized spacial score (nSPS) is 15.3. The van der Waals surface area contributed by atoms with Gasteiger partial charge in [0, 0.05) is 5.69 Å². The van der Waals surface area contributed by atoms with Gasteiger partial charge in [-0.3, -0.25) is 4.79 Å². The summed E-state index contributed by atoms with van der Waals surface area (Å²) in [6.45, 7) is 0. The number of aromatic nitrogens is 3. The summed E-state index contributed by atoms with van der Waals surface area (Å²) >= 11 is 1.43. The Hall–Kier alpha value is -2.54. The molecular weight excluding hydrogens is 312 g/mol. The smallest absolute Gasteiger partial charge is 0.241 e. The molecule has 4 rings (SSSR count). The highest BCUT2D eigenvalue weighted by Crippen LogP contribution is 2.51. The first-order chi connectivity index (χ1) is 11.3. The average Bonchev–Trinajstić information content (AvgIpc) is 2.98. The molecule has 7 heteroatoms. The number of amides is 1. The highest BCUT2D eigenvalue weighted by Gasteiger charge is 2.51. The van der Waals surface area contributed by atoms with E-state index in [1.165, 1.54) is 11.8 Å².